The summed E-state index contributed by atoms with van der Waals surface area (Å²) in [6.07, 6.45) is 2.35. The molecule has 0 saturated carbocycles. The van der Waals surface area contributed by atoms with Crippen molar-refractivity contribution in [2.45, 2.75) is 25.4 Å². The topological polar surface area (TPSA) is 23.6 Å². The summed E-state index contributed by atoms with van der Waals surface area (Å²) in [7, 11) is 0. The Morgan fingerprint density at radius 3 is 2.88 bits per heavy atom. The number of benzene rings is 1. The van der Waals surface area contributed by atoms with Crippen LogP contribution in [-0.2, 0) is 11.3 Å². The second-order valence-corrected chi connectivity index (χ2v) is 5.04. The zero-order valence-corrected chi connectivity index (χ0v) is 10.0. The summed E-state index contributed by atoms with van der Waals surface area (Å²) in [5, 5.41) is 0. The van der Waals surface area contributed by atoms with Crippen molar-refractivity contribution in [2.24, 2.45) is 0 Å². The molecular formula is C14H18N2O. The number of carbonyl (C=O) groups is 1. The van der Waals surface area contributed by atoms with Gasteiger partial charge in [-0.1, -0.05) is 30.3 Å². The normalized spacial score (nSPS) is 25.1. The van der Waals surface area contributed by atoms with Crippen molar-refractivity contribution >= 4 is 5.91 Å². The second kappa shape index (κ2) is 4.49. The lowest BCUT2D eigenvalue weighted by molar-refractivity contribution is -0.137. The summed E-state index contributed by atoms with van der Waals surface area (Å²) in [4.78, 5) is 16.3. The zero-order chi connectivity index (χ0) is 11.7. The molecule has 2 fully saturated rings. The predicted octanol–water partition coefficient (Wildman–Crippen LogP) is 1.49. The van der Waals surface area contributed by atoms with Crippen LogP contribution in [0.1, 0.15) is 18.4 Å². The maximum absolute atomic E-state index is 12.0. The molecule has 1 unspecified atom stereocenters. The van der Waals surface area contributed by atoms with Gasteiger partial charge in [-0.05, 0) is 18.4 Å². The molecule has 0 aliphatic carbocycles. The molecule has 0 spiro atoms. The van der Waals surface area contributed by atoms with Crippen LogP contribution in [0.4, 0.5) is 0 Å². The van der Waals surface area contributed by atoms with Crippen LogP contribution in [0.15, 0.2) is 30.3 Å². The monoisotopic (exact) mass is 230 g/mol. The highest BCUT2D eigenvalue weighted by Gasteiger charge is 2.35. The summed E-state index contributed by atoms with van der Waals surface area (Å²) in [6, 6.07) is 10.9. The number of hydrogen-bond acceptors (Lipinski definition) is 2. The zero-order valence-electron chi connectivity index (χ0n) is 10.0. The van der Waals surface area contributed by atoms with Crippen molar-refractivity contribution < 1.29 is 4.79 Å². The van der Waals surface area contributed by atoms with E-state index in [2.05, 4.69) is 34.1 Å². The first-order chi connectivity index (χ1) is 8.33. The van der Waals surface area contributed by atoms with Crippen LogP contribution >= 0.6 is 0 Å². The van der Waals surface area contributed by atoms with E-state index in [0.717, 1.165) is 19.6 Å². The molecule has 2 aliphatic heterocycles. The summed E-state index contributed by atoms with van der Waals surface area (Å²) in [6.45, 7) is 3.51. The van der Waals surface area contributed by atoms with E-state index in [0.29, 0.717) is 18.5 Å². The van der Waals surface area contributed by atoms with Crippen LogP contribution in [0.5, 0.6) is 0 Å². The van der Waals surface area contributed by atoms with Gasteiger partial charge in [0.1, 0.15) is 0 Å². The highest BCUT2D eigenvalue weighted by Crippen LogP contribution is 2.23. The fraction of sp³-hybridized carbons (Fsp3) is 0.500. The van der Waals surface area contributed by atoms with Gasteiger partial charge in [-0.2, -0.15) is 0 Å². The van der Waals surface area contributed by atoms with Gasteiger partial charge in [-0.3, -0.25) is 9.69 Å². The Bertz CT molecular complexity index is 404. The van der Waals surface area contributed by atoms with Gasteiger partial charge in [-0.25, -0.2) is 0 Å². The van der Waals surface area contributed by atoms with Crippen molar-refractivity contribution in [3.05, 3.63) is 35.9 Å². The van der Waals surface area contributed by atoms with E-state index in [1.54, 1.807) is 0 Å². The van der Waals surface area contributed by atoms with Gasteiger partial charge in [0, 0.05) is 25.7 Å². The third kappa shape index (κ3) is 2.20. The van der Waals surface area contributed by atoms with Gasteiger partial charge in [0.15, 0.2) is 0 Å². The van der Waals surface area contributed by atoms with Crippen LogP contribution in [0.3, 0.4) is 0 Å². The molecule has 0 bridgehead atoms. The lowest BCUT2D eigenvalue weighted by atomic mass is 10.1. The maximum atomic E-state index is 12.0. The van der Waals surface area contributed by atoms with Gasteiger partial charge >= 0.3 is 0 Å². The van der Waals surface area contributed by atoms with Crippen LogP contribution in [0, 0.1) is 0 Å². The van der Waals surface area contributed by atoms with Gasteiger partial charge in [-0.15, -0.1) is 0 Å². The third-order valence-corrected chi connectivity index (χ3v) is 3.77. The fourth-order valence-electron chi connectivity index (χ4n) is 2.96. The van der Waals surface area contributed by atoms with E-state index < -0.39 is 0 Å². The Labute approximate surface area is 102 Å². The van der Waals surface area contributed by atoms with Gasteiger partial charge in [0.2, 0.25) is 5.91 Å². The lowest BCUT2D eigenvalue weighted by Gasteiger charge is -2.37. The molecule has 1 aromatic rings. The molecule has 2 heterocycles. The quantitative estimate of drug-likeness (QED) is 0.768. The fourth-order valence-corrected chi connectivity index (χ4v) is 2.96. The summed E-state index contributed by atoms with van der Waals surface area (Å²) in [5.41, 5.74) is 1.30. The minimum absolute atomic E-state index is 0.315. The first kappa shape index (κ1) is 10.8. The second-order valence-electron chi connectivity index (χ2n) is 5.04. The number of hydrogen-bond donors (Lipinski definition) is 0. The Morgan fingerprint density at radius 2 is 2.06 bits per heavy atom. The highest BCUT2D eigenvalue weighted by molar-refractivity contribution is 5.79. The van der Waals surface area contributed by atoms with E-state index >= 15 is 0 Å². The highest BCUT2D eigenvalue weighted by atomic mass is 16.2. The number of carbonyl (C=O) groups excluding carboxylic acids is 1. The Kier molecular flexibility index (Phi) is 2.85. The van der Waals surface area contributed by atoms with Crippen LogP contribution in [0.25, 0.3) is 0 Å². The average molecular weight is 230 g/mol. The van der Waals surface area contributed by atoms with E-state index in [1.165, 1.54) is 18.4 Å². The first-order valence-electron chi connectivity index (χ1n) is 6.39. The molecule has 1 atom stereocenters. The van der Waals surface area contributed by atoms with Gasteiger partial charge in [0.25, 0.3) is 0 Å². The van der Waals surface area contributed by atoms with E-state index in [-0.39, 0.29) is 0 Å². The van der Waals surface area contributed by atoms with Gasteiger partial charge in [0.05, 0.1) is 6.54 Å². The van der Waals surface area contributed by atoms with Crippen molar-refractivity contribution in [1.82, 2.24) is 9.80 Å². The number of rotatable bonds is 2. The van der Waals surface area contributed by atoms with Crippen molar-refractivity contribution in [3.8, 4) is 0 Å². The summed E-state index contributed by atoms with van der Waals surface area (Å²) < 4.78 is 0. The lowest BCUT2D eigenvalue weighted by Crippen LogP contribution is -2.53. The third-order valence-electron chi connectivity index (χ3n) is 3.77. The van der Waals surface area contributed by atoms with E-state index in [1.807, 2.05) is 6.07 Å². The molecule has 17 heavy (non-hydrogen) atoms. The van der Waals surface area contributed by atoms with Crippen molar-refractivity contribution in [3.63, 3.8) is 0 Å². The molecule has 1 amide bonds. The number of piperazine rings is 1. The smallest absolute Gasteiger partial charge is 0.237 e. The van der Waals surface area contributed by atoms with Crippen molar-refractivity contribution in [2.75, 3.05) is 19.6 Å². The minimum atomic E-state index is 0.315. The molecule has 90 valence electrons. The maximum Gasteiger partial charge on any atom is 0.237 e. The largest absolute Gasteiger partial charge is 0.337 e. The number of nitrogens with zero attached hydrogens (tertiary/aromatic N) is 2. The molecule has 0 N–H and O–H groups in total. The Hall–Kier alpha value is -1.35. The number of amides is 1. The molecule has 1 aromatic carbocycles. The Balaban J connectivity index is 1.67. The van der Waals surface area contributed by atoms with E-state index in [4.69, 9.17) is 0 Å². The van der Waals surface area contributed by atoms with Crippen LogP contribution in [-0.4, -0.2) is 41.4 Å². The average Bonchev–Trinajstić information content (AvgIpc) is 2.79. The molecule has 0 radical (unpaired) electrons. The molecule has 2 saturated heterocycles. The molecule has 2 aliphatic rings. The molecule has 3 heteroatoms. The molecule has 3 rings (SSSR count). The molecular weight excluding hydrogens is 212 g/mol. The first-order valence-corrected chi connectivity index (χ1v) is 6.39. The molecule has 3 nitrogen and oxygen atoms in total. The SMILES string of the molecule is O=C1CN(Cc2ccccc2)CC2CCCN12. The van der Waals surface area contributed by atoms with E-state index in [9.17, 15) is 4.79 Å². The van der Waals surface area contributed by atoms with Crippen molar-refractivity contribution in [1.29, 1.82) is 0 Å². The van der Waals surface area contributed by atoms with Crippen LogP contribution in [0.2, 0.25) is 0 Å². The van der Waals surface area contributed by atoms with Crippen LogP contribution < -0.4 is 0 Å². The number of fused-ring (bicyclic) bond motifs is 1. The predicted molar refractivity (Wildman–Crippen MR) is 66.5 cm³/mol. The van der Waals surface area contributed by atoms with Gasteiger partial charge < -0.3 is 4.90 Å². The summed E-state index contributed by atoms with van der Waals surface area (Å²) in [5.74, 6) is 0.315. The Morgan fingerprint density at radius 1 is 1.24 bits per heavy atom. The summed E-state index contributed by atoms with van der Waals surface area (Å²) >= 11 is 0. The standard InChI is InChI=1S/C14H18N2O/c17-14-11-15(9-12-5-2-1-3-6-12)10-13-7-4-8-16(13)14/h1-3,5-6,13H,4,7-11H2. The molecule has 0 aromatic heterocycles. The minimum Gasteiger partial charge on any atom is -0.337 e.